The molecule has 49 heavy (non-hydrogen) atoms. The molecule has 0 N–H and O–H groups in total. The fourth-order valence-corrected chi connectivity index (χ4v) is 11.3. The first-order valence-electron chi connectivity index (χ1n) is 15.3. The van der Waals surface area contributed by atoms with Crippen LogP contribution in [0.3, 0.4) is 0 Å². The smallest absolute Gasteiger partial charge is 0.208 e. The Balaban J connectivity index is 1.34. The third-order valence-electron chi connectivity index (χ3n) is 9.65. The van der Waals surface area contributed by atoms with Crippen LogP contribution < -0.4 is 10.4 Å². The molecule has 6 aromatic carbocycles. The lowest BCUT2D eigenvalue weighted by Gasteiger charge is -2.12. The van der Waals surface area contributed by atoms with Crippen LogP contribution in [0.15, 0.2) is 119 Å². The van der Waals surface area contributed by atoms with Gasteiger partial charge in [-0.05, 0) is 104 Å². The molecule has 2 aliphatic carbocycles. The molecule has 2 heterocycles. The van der Waals surface area contributed by atoms with Crippen LogP contribution in [0.2, 0.25) is 0 Å². The molecule has 10 rings (SSSR count). The van der Waals surface area contributed by atoms with Crippen molar-refractivity contribution in [1.29, 1.82) is 0 Å². The van der Waals surface area contributed by atoms with Gasteiger partial charge in [-0.15, -0.1) is 0 Å². The monoisotopic (exact) mass is 686 g/mol. The molecule has 2 aliphatic heterocycles. The normalized spacial score (nSPS) is 17.8. The Labute approximate surface area is 278 Å². The summed E-state index contributed by atoms with van der Waals surface area (Å²) < 4.78 is 101. The van der Waals surface area contributed by atoms with Gasteiger partial charge >= 0.3 is 0 Å². The van der Waals surface area contributed by atoms with E-state index in [1.807, 2.05) is 24.3 Å². The van der Waals surface area contributed by atoms with E-state index >= 15 is 0 Å². The van der Waals surface area contributed by atoms with E-state index in [4.69, 9.17) is 0 Å². The number of benzene rings is 6. The van der Waals surface area contributed by atoms with Crippen molar-refractivity contribution in [2.45, 2.75) is 9.79 Å². The second-order valence-electron chi connectivity index (χ2n) is 12.4. The maximum atomic E-state index is 14.7. The van der Waals surface area contributed by atoms with Gasteiger partial charge in [-0.2, -0.15) is 0 Å². The summed E-state index contributed by atoms with van der Waals surface area (Å²) in [4.78, 5) is 1.28. The number of sulfone groups is 1. The lowest BCUT2D eigenvalue weighted by atomic mass is 9.93. The van der Waals surface area contributed by atoms with E-state index in [-0.39, 0.29) is 20.9 Å². The summed E-state index contributed by atoms with van der Waals surface area (Å²) in [7, 11) is -5.62. The summed E-state index contributed by atoms with van der Waals surface area (Å²) in [5, 5.41) is 2.37. The first kappa shape index (κ1) is 28.6. The molecule has 0 amide bonds. The number of rotatable bonds is 2. The van der Waals surface area contributed by atoms with Gasteiger partial charge in [0.25, 0.3) is 0 Å². The van der Waals surface area contributed by atoms with E-state index in [9.17, 15) is 30.2 Å². The molecule has 0 saturated carbocycles. The molecule has 1 atom stereocenters. The Bertz CT molecular complexity index is 2920. The van der Waals surface area contributed by atoms with Gasteiger partial charge in [0.2, 0.25) is 9.84 Å². The van der Waals surface area contributed by atoms with Crippen LogP contribution in [0.1, 0.15) is 33.4 Å². The molecule has 0 bridgehead atoms. The lowest BCUT2D eigenvalue weighted by Crippen LogP contribution is -2.15. The molecule has 0 radical (unpaired) electrons. The van der Waals surface area contributed by atoms with Crippen molar-refractivity contribution < 1.29 is 30.2 Å². The summed E-state index contributed by atoms with van der Waals surface area (Å²) in [5.41, 5.74) is 4.51. The number of fused-ring (bicyclic) bond motifs is 9. The molecule has 0 fully saturated rings. The first-order valence-corrected chi connectivity index (χ1v) is 17.9. The van der Waals surface area contributed by atoms with Gasteiger partial charge in [0.15, 0.2) is 0 Å². The molecule has 3 nitrogen and oxygen atoms in total. The molecule has 1 unspecified atom stereocenters. The van der Waals surface area contributed by atoms with Crippen molar-refractivity contribution in [3.05, 3.63) is 176 Å². The second-order valence-corrected chi connectivity index (χ2v) is 15.6. The van der Waals surface area contributed by atoms with Crippen LogP contribution >= 0.6 is 0 Å². The summed E-state index contributed by atoms with van der Waals surface area (Å²) >= 11 is 0. The molecule has 6 aromatic rings. The minimum Gasteiger partial charge on any atom is -0.249 e. The molecule has 9 heteroatoms. The van der Waals surface area contributed by atoms with Crippen LogP contribution in [0.25, 0.3) is 42.9 Å². The Morgan fingerprint density at radius 1 is 0.490 bits per heavy atom. The van der Waals surface area contributed by atoms with Crippen molar-refractivity contribution in [3.8, 4) is 0 Å². The standard InChI is InChI=1S/C40H18F4O3S2/c41-23-9-21(10-24(42)17-23)35-29-13-20-16-32-30(14-19(20)15-31(29)39-37(35)27-5-1-3-7-33(27)48(39)45)36(22-11-25(43)18-26(44)12-22)38-28-6-2-4-8-34(28)49(46,47)40(32)38/h1-18H. The van der Waals surface area contributed by atoms with E-state index in [1.165, 1.54) is 30.3 Å². The quantitative estimate of drug-likeness (QED) is 0.178. The number of hydrogen-bond acceptors (Lipinski definition) is 3. The third kappa shape index (κ3) is 3.77. The van der Waals surface area contributed by atoms with Crippen molar-refractivity contribution in [3.63, 3.8) is 0 Å². The average molecular weight is 687 g/mol. The molecule has 236 valence electrons. The third-order valence-corrected chi connectivity index (χ3v) is 13.1. The SMILES string of the molecule is O=S1C2=C(C(c3cc(F)cc(F)c3)=c3cc4cc5c(cc4cc32)=C(c2cc(F)cc(F)c2)C2=C5S(=O)(=O)c3ccccc32)c2ccccc21. The minimum atomic E-state index is -4.02. The highest BCUT2D eigenvalue weighted by Crippen LogP contribution is 2.53. The molecule has 0 aromatic heterocycles. The lowest BCUT2D eigenvalue weighted by molar-refractivity contribution is 0.582. The fourth-order valence-electron chi connectivity index (χ4n) is 7.85. The van der Waals surface area contributed by atoms with Crippen LogP contribution in [0.4, 0.5) is 17.6 Å². The maximum Gasteiger partial charge on any atom is 0.208 e. The Kier molecular flexibility index (Phi) is 5.62. The Morgan fingerprint density at radius 3 is 1.63 bits per heavy atom. The van der Waals surface area contributed by atoms with E-state index in [0.717, 1.165) is 12.1 Å². The van der Waals surface area contributed by atoms with Crippen LogP contribution in [-0.2, 0) is 20.6 Å². The molecule has 0 saturated heterocycles. The van der Waals surface area contributed by atoms with Gasteiger partial charge in [-0.1, -0.05) is 36.4 Å². The zero-order valence-corrected chi connectivity index (χ0v) is 26.6. The van der Waals surface area contributed by atoms with Crippen LogP contribution in [0, 0.1) is 23.3 Å². The summed E-state index contributed by atoms with van der Waals surface area (Å²) in [6.45, 7) is 0. The van der Waals surface area contributed by atoms with Gasteiger partial charge in [-0.3, -0.25) is 0 Å². The molecular weight excluding hydrogens is 669 g/mol. The molecule has 4 aliphatic rings. The number of hydrogen-bond donors (Lipinski definition) is 0. The number of allylic oxidation sites excluding steroid dienone is 2. The Hall–Kier alpha value is -5.38. The van der Waals surface area contributed by atoms with E-state index in [1.54, 1.807) is 42.5 Å². The van der Waals surface area contributed by atoms with Crippen molar-refractivity contribution in [1.82, 2.24) is 0 Å². The van der Waals surface area contributed by atoms with Crippen molar-refractivity contribution in [2.24, 2.45) is 0 Å². The maximum absolute atomic E-state index is 14.7. The zero-order valence-electron chi connectivity index (χ0n) is 24.9. The van der Waals surface area contributed by atoms with Crippen molar-refractivity contribution >= 4 is 63.5 Å². The predicted octanol–water partition coefficient (Wildman–Crippen LogP) is 7.47. The first-order chi connectivity index (χ1) is 23.6. The van der Waals surface area contributed by atoms with Gasteiger partial charge in [0.05, 0.1) is 30.4 Å². The summed E-state index contributed by atoms with van der Waals surface area (Å²) in [5.74, 6) is -3.12. The van der Waals surface area contributed by atoms with E-state index in [2.05, 4.69) is 0 Å². The topological polar surface area (TPSA) is 51.2 Å². The highest BCUT2D eigenvalue weighted by molar-refractivity contribution is 8.01. The van der Waals surface area contributed by atoms with E-state index in [0.29, 0.717) is 75.6 Å². The predicted molar refractivity (Wildman–Crippen MR) is 181 cm³/mol. The molecular formula is C40H18F4O3S2. The summed E-state index contributed by atoms with van der Waals surface area (Å²) in [6, 6.07) is 27.4. The minimum absolute atomic E-state index is 0.0535. The van der Waals surface area contributed by atoms with Gasteiger partial charge in [0, 0.05) is 45.5 Å². The number of halogens is 4. The molecule has 0 spiro atoms. The largest absolute Gasteiger partial charge is 0.249 e. The van der Waals surface area contributed by atoms with Crippen LogP contribution in [0.5, 0.6) is 0 Å². The van der Waals surface area contributed by atoms with Gasteiger partial charge < -0.3 is 0 Å². The second kappa shape index (κ2) is 9.62. The summed E-state index contributed by atoms with van der Waals surface area (Å²) in [6.07, 6.45) is 0. The van der Waals surface area contributed by atoms with Gasteiger partial charge in [0.1, 0.15) is 23.3 Å². The van der Waals surface area contributed by atoms with Crippen LogP contribution in [-0.4, -0.2) is 12.6 Å². The Morgan fingerprint density at radius 2 is 1.00 bits per heavy atom. The van der Waals surface area contributed by atoms with Gasteiger partial charge in [-0.25, -0.2) is 30.2 Å². The van der Waals surface area contributed by atoms with E-state index < -0.39 is 43.9 Å². The van der Waals surface area contributed by atoms with Crippen molar-refractivity contribution in [2.75, 3.05) is 0 Å². The highest BCUT2D eigenvalue weighted by atomic mass is 32.2. The highest BCUT2D eigenvalue weighted by Gasteiger charge is 2.43. The fraction of sp³-hybridized carbons (Fsp3) is 0. The zero-order chi connectivity index (χ0) is 33.5. The average Bonchev–Trinajstić information content (AvgIpc) is 3.73.